The topological polar surface area (TPSA) is 32.3 Å². The second-order valence-corrected chi connectivity index (χ2v) is 5.99. The van der Waals surface area contributed by atoms with E-state index >= 15 is 0 Å². The molecule has 1 aliphatic rings. The number of hydrogen-bond acceptors (Lipinski definition) is 2. The largest absolute Gasteiger partial charge is 0.341 e. The van der Waals surface area contributed by atoms with Gasteiger partial charge in [0, 0.05) is 37.4 Å². The summed E-state index contributed by atoms with van der Waals surface area (Å²) in [5, 5.41) is 3.18. The number of nitrogens with zero attached hydrogens (tertiary/aromatic N) is 1. The number of hydrogen-bond donors (Lipinski definition) is 1. The molecule has 0 aromatic heterocycles. The lowest BCUT2D eigenvalue weighted by molar-refractivity contribution is -0.133. The fourth-order valence-corrected chi connectivity index (χ4v) is 1.97. The predicted octanol–water partition coefficient (Wildman–Crippen LogP) is 1.88. The third-order valence-corrected chi connectivity index (χ3v) is 3.82. The van der Waals surface area contributed by atoms with Gasteiger partial charge in [-0.25, -0.2) is 0 Å². The summed E-state index contributed by atoms with van der Waals surface area (Å²) in [5.41, 5.74) is -0.139. The normalized spacial score (nSPS) is 24.8. The van der Waals surface area contributed by atoms with Crippen molar-refractivity contribution in [2.24, 2.45) is 11.8 Å². The monoisotopic (exact) mass is 250 g/mol. The fourth-order valence-electron chi connectivity index (χ4n) is 1.97. The number of nitrogens with one attached hydrogen (secondary N) is 1. The number of carbonyl (C=O) groups is 1. The summed E-state index contributed by atoms with van der Waals surface area (Å²) in [7, 11) is 1.90. The first-order valence-corrected chi connectivity index (χ1v) is 6.81. The molecular weight excluding hydrogens is 224 g/mol. The van der Waals surface area contributed by atoms with Gasteiger partial charge in [0.2, 0.25) is 5.91 Å². The van der Waals surface area contributed by atoms with Gasteiger partial charge in [0.05, 0.1) is 0 Å². The molecule has 1 N–H and O–H groups in total. The van der Waals surface area contributed by atoms with Crippen LogP contribution in [0.2, 0.25) is 0 Å². The summed E-state index contributed by atoms with van der Waals surface area (Å²) in [6.45, 7) is 10.0. The Morgan fingerprint density at radius 3 is 2.72 bits per heavy atom. The van der Waals surface area contributed by atoms with E-state index in [1.165, 1.54) is 0 Å². The van der Waals surface area contributed by atoms with Gasteiger partial charge in [-0.1, -0.05) is 19.8 Å². The first-order chi connectivity index (χ1) is 8.35. The highest BCUT2D eigenvalue weighted by atomic mass is 16.2. The second kappa shape index (κ2) is 6.24. The van der Waals surface area contributed by atoms with Crippen LogP contribution in [-0.2, 0) is 4.79 Å². The average molecular weight is 250 g/mol. The van der Waals surface area contributed by atoms with E-state index in [2.05, 4.69) is 44.9 Å². The Balaban J connectivity index is 2.66. The first kappa shape index (κ1) is 15.0. The van der Waals surface area contributed by atoms with Gasteiger partial charge < -0.3 is 10.2 Å². The maximum atomic E-state index is 12.3. The molecule has 18 heavy (non-hydrogen) atoms. The van der Waals surface area contributed by atoms with Crippen LogP contribution in [0.15, 0.2) is 0 Å². The van der Waals surface area contributed by atoms with Gasteiger partial charge in [0.25, 0.3) is 0 Å². The molecule has 0 fully saturated rings. The molecule has 3 nitrogen and oxygen atoms in total. The van der Waals surface area contributed by atoms with E-state index in [9.17, 15) is 4.79 Å². The van der Waals surface area contributed by atoms with E-state index in [1.807, 2.05) is 11.9 Å². The van der Waals surface area contributed by atoms with E-state index in [4.69, 9.17) is 0 Å². The van der Waals surface area contributed by atoms with Gasteiger partial charge in [-0.15, -0.1) is 5.92 Å². The van der Waals surface area contributed by atoms with E-state index in [-0.39, 0.29) is 11.4 Å². The van der Waals surface area contributed by atoms with Crippen molar-refractivity contribution in [3.05, 3.63) is 0 Å². The van der Waals surface area contributed by atoms with Crippen LogP contribution in [0.4, 0.5) is 0 Å². The summed E-state index contributed by atoms with van der Waals surface area (Å²) in [5.74, 6) is 7.47. The third kappa shape index (κ3) is 4.34. The van der Waals surface area contributed by atoms with Gasteiger partial charge >= 0.3 is 0 Å². The SMILES string of the molecule is CNC(C)(C)CC(=O)N1CCC#CC(C)C(C)C1. The van der Waals surface area contributed by atoms with Crippen LogP contribution in [0.3, 0.4) is 0 Å². The molecule has 1 aliphatic heterocycles. The molecule has 2 atom stereocenters. The molecule has 1 heterocycles. The molecule has 0 aromatic rings. The molecule has 0 aromatic carbocycles. The van der Waals surface area contributed by atoms with Crippen LogP contribution in [0, 0.1) is 23.7 Å². The standard InChI is InChI=1S/C15H26N2O/c1-12-8-6-7-9-17(11-13(12)2)14(18)10-15(3,4)16-5/h12-13,16H,7,9-11H2,1-5H3. The van der Waals surface area contributed by atoms with Crippen molar-refractivity contribution in [2.45, 2.75) is 46.1 Å². The van der Waals surface area contributed by atoms with E-state index < -0.39 is 0 Å². The molecule has 1 rings (SSSR count). The van der Waals surface area contributed by atoms with Crippen molar-refractivity contribution >= 4 is 5.91 Å². The molecule has 3 heteroatoms. The Bertz CT molecular complexity index is 351. The van der Waals surface area contributed by atoms with Crippen molar-refractivity contribution in [1.82, 2.24) is 10.2 Å². The molecule has 0 spiro atoms. The first-order valence-electron chi connectivity index (χ1n) is 6.81. The highest BCUT2D eigenvalue weighted by molar-refractivity contribution is 5.77. The predicted molar refractivity (Wildman–Crippen MR) is 75.1 cm³/mol. The van der Waals surface area contributed by atoms with Gasteiger partial charge in [0.1, 0.15) is 0 Å². The minimum atomic E-state index is -0.139. The maximum Gasteiger partial charge on any atom is 0.224 e. The molecule has 2 unspecified atom stereocenters. The minimum Gasteiger partial charge on any atom is -0.341 e. The molecule has 0 bridgehead atoms. The zero-order chi connectivity index (χ0) is 13.8. The van der Waals surface area contributed by atoms with Crippen LogP contribution >= 0.6 is 0 Å². The zero-order valence-electron chi connectivity index (χ0n) is 12.3. The summed E-state index contributed by atoms with van der Waals surface area (Å²) in [6, 6.07) is 0. The Kier molecular flexibility index (Phi) is 5.22. The Labute approximate surface area is 111 Å². The lowest BCUT2D eigenvalue weighted by Gasteiger charge is -2.31. The second-order valence-electron chi connectivity index (χ2n) is 5.99. The van der Waals surface area contributed by atoms with Crippen LogP contribution in [-0.4, -0.2) is 36.5 Å². The Morgan fingerprint density at radius 1 is 1.44 bits per heavy atom. The molecule has 0 saturated carbocycles. The summed E-state index contributed by atoms with van der Waals surface area (Å²) >= 11 is 0. The lowest BCUT2D eigenvalue weighted by Crippen LogP contribution is -2.45. The van der Waals surface area contributed by atoms with Crippen molar-refractivity contribution in [2.75, 3.05) is 20.1 Å². The van der Waals surface area contributed by atoms with Crippen LogP contribution in [0.1, 0.15) is 40.5 Å². The highest BCUT2D eigenvalue weighted by Crippen LogP contribution is 2.17. The van der Waals surface area contributed by atoms with Gasteiger partial charge in [0.15, 0.2) is 0 Å². The Hall–Kier alpha value is -1.01. The van der Waals surface area contributed by atoms with Crippen LogP contribution in [0.5, 0.6) is 0 Å². The summed E-state index contributed by atoms with van der Waals surface area (Å²) < 4.78 is 0. The van der Waals surface area contributed by atoms with Gasteiger partial charge in [-0.2, -0.15) is 0 Å². The highest BCUT2D eigenvalue weighted by Gasteiger charge is 2.25. The molecule has 1 amide bonds. The lowest BCUT2D eigenvalue weighted by atomic mass is 9.93. The molecule has 0 radical (unpaired) electrons. The quantitative estimate of drug-likeness (QED) is 0.776. The number of amides is 1. The third-order valence-electron chi connectivity index (χ3n) is 3.82. The van der Waals surface area contributed by atoms with Crippen molar-refractivity contribution in [3.8, 4) is 11.8 Å². The van der Waals surface area contributed by atoms with Crippen LogP contribution in [0.25, 0.3) is 0 Å². The molecule has 0 saturated heterocycles. The van der Waals surface area contributed by atoms with E-state index in [0.717, 1.165) is 19.5 Å². The molecule has 102 valence electrons. The average Bonchev–Trinajstić information content (AvgIpc) is 2.29. The summed E-state index contributed by atoms with van der Waals surface area (Å²) in [4.78, 5) is 14.3. The Morgan fingerprint density at radius 2 is 2.11 bits per heavy atom. The summed E-state index contributed by atoms with van der Waals surface area (Å²) in [6.07, 6.45) is 1.33. The fraction of sp³-hybridized carbons (Fsp3) is 0.800. The zero-order valence-corrected chi connectivity index (χ0v) is 12.3. The van der Waals surface area contributed by atoms with Crippen molar-refractivity contribution in [1.29, 1.82) is 0 Å². The van der Waals surface area contributed by atoms with Crippen LogP contribution < -0.4 is 5.32 Å². The van der Waals surface area contributed by atoms with Gasteiger partial charge in [-0.05, 0) is 26.8 Å². The van der Waals surface area contributed by atoms with Gasteiger partial charge in [-0.3, -0.25) is 4.79 Å². The minimum absolute atomic E-state index is 0.139. The maximum absolute atomic E-state index is 12.3. The van der Waals surface area contributed by atoms with Crippen molar-refractivity contribution < 1.29 is 4.79 Å². The smallest absolute Gasteiger partial charge is 0.224 e. The van der Waals surface area contributed by atoms with E-state index in [0.29, 0.717) is 18.3 Å². The molecule has 0 aliphatic carbocycles. The molecular formula is C15H26N2O. The van der Waals surface area contributed by atoms with E-state index in [1.54, 1.807) is 0 Å². The number of rotatable bonds is 3. The number of carbonyl (C=O) groups excluding carboxylic acids is 1. The van der Waals surface area contributed by atoms with Crippen molar-refractivity contribution in [3.63, 3.8) is 0 Å².